The maximum absolute atomic E-state index is 10.7. The van der Waals surface area contributed by atoms with Gasteiger partial charge in [-0.2, -0.15) is 0 Å². The van der Waals surface area contributed by atoms with Crippen LogP contribution in [0.2, 0.25) is 0 Å². The van der Waals surface area contributed by atoms with E-state index >= 15 is 0 Å². The summed E-state index contributed by atoms with van der Waals surface area (Å²) < 4.78 is 0. The maximum atomic E-state index is 10.7. The smallest absolute Gasteiger partial charge is 0.354 e. The molecule has 0 spiro atoms. The molecule has 0 fully saturated rings. The number of carbonyl (C=O) groups is 2. The molecule has 1 aliphatic heterocycles. The second kappa shape index (κ2) is 4.45. The third-order valence-corrected chi connectivity index (χ3v) is 3.07. The molecule has 0 unspecified atom stereocenters. The Morgan fingerprint density at radius 2 is 2.20 bits per heavy atom. The Morgan fingerprint density at radius 1 is 1.60 bits per heavy atom. The van der Waals surface area contributed by atoms with Crippen LogP contribution in [0, 0.1) is 0 Å². The van der Waals surface area contributed by atoms with Gasteiger partial charge in [-0.05, 0) is 5.57 Å². The third-order valence-electron chi connectivity index (χ3n) is 1.81. The summed E-state index contributed by atoms with van der Waals surface area (Å²) in [6, 6.07) is -1.20. The van der Waals surface area contributed by atoms with Gasteiger partial charge in [0.05, 0.1) is 0 Å². The number of hydrogen-bond donors (Lipinski definition) is 3. The molecule has 0 radical (unpaired) electrons. The number of carboxylic acid groups (broad SMARTS) is 2. The van der Waals surface area contributed by atoms with E-state index in [9.17, 15) is 9.59 Å². The van der Waals surface area contributed by atoms with Gasteiger partial charge < -0.3 is 15.9 Å². The molecule has 1 heterocycles. The van der Waals surface area contributed by atoms with Crippen LogP contribution < -0.4 is 5.73 Å². The molecule has 0 saturated carbocycles. The summed E-state index contributed by atoms with van der Waals surface area (Å²) in [5, 5.41) is 16.6. The summed E-state index contributed by atoms with van der Waals surface area (Å²) in [6.45, 7) is 3.53. The minimum Gasteiger partial charge on any atom is -0.480 e. The van der Waals surface area contributed by atoms with E-state index in [2.05, 4.69) is 11.6 Å². The van der Waals surface area contributed by atoms with Crippen molar-refractivity contribution in [3.05, 3.63) is 12.2 Å². The van der Waals surface area contributed by atoms with Crippen LogP contribution in [0.3, 0.4) is 0 Å². The molecule has 0 saturated heterocycles. The van der Waals surface area contributed by atoms with Crippen molar-refractivity contribution < 1.29 is 19.8 Å². The first kappa shape index (κ1) is 11.7. The SMILES string of the molecule is C=C1CS[C@H]([C@H](N)C(=O)O)N=C1C(=O)O. The fourth-order valence-electron chi connectivity index (χ4n) is 1.02. The van der Waals surface area contributed by atoms with E-state index in [4.69, 9.17) is 15.9 Å². The summed E-state index contributed by atoms with van der Waals surface area (Å²) >= 11 is 1.17. The first-order chi connectivity index (χ1) is 6.93. The number of aliphatic carboxylic acids is 2. The van der Waals surface area contributed by atoms with Crippen molar-refractivity contribution in [2.75, 3.05) is 5.75 Å². The molecule has 0 bridgehead atoms. The van der Waals surface area contributed by atoms with Gasteiger partial charge in [0.15, 0.2) is 0 Å². The normalized spacial score (nSPS) is 23.1. The van der Waals surface area contributed by atoms with Gasteiger partial charge in [-0.25, -0.2) is 4.79 Å². The molecule has 15 heavy (non-hydrogen) atoms. The molecular weight excluding hydrogens is 220 g/mol. The fraction of sp³-hybridized carbons (Fsp3) is 0.375. The van der Waals surface area contributed by atoms with E-state index in [0.29, 0.717) is 11.3 Å². The molecule has 0 aliphatic carbocycles. The average molecular weight is 230 g/mol. The third kappa shape index (κ3) is 2.57. The van der Waals surface area contributed by atoms with Gasteiger partial charge in [0, 0.05) is 5.75 Å². The highest BCUT2D eigenvalue weighted by atomic mass is 32.2. The Bertz CT molecular complexity index is 353. The molecule has 0 aromatic rings. The molecule has 6 nitrogen and oxygen atoms in total. The highest BCUT2D eigenvalue weighted by Crippen LogP contribution is 2.24. The van der Waals surface area contributed by atoms with E-state index in [1.54, 1.807) is 0 Å². The fourth-order valence-corrected chi connectivity index (χ4v) is 2.03. The molecule has 4 N–H and O–H groups in total. The molecule has 1 rings (SSSR count). The first-order valence-corrected chi connectivity index (χ1v) is 5.07. The Kier molecular flexibility index (Phi) is 3.48. The highest BCUT2D eigenvalue weighted by Gasteiger charge is 2.30. The largest absolute Gasteiger partial charge is 0.480 e. The molecule has 1 aliphatic rings. The van der Waals surface area contributed by atoms with Crippen molar-refractivity contribution in [3.8, 4) is 0 Å². The lowest BCUT2D eigenvalue weighted by Crippen LogP contribution is -2.42. The van der Waals surface area contributed by atoms with Gasteiger partial charge in [-0.15, -0.1) is 11.8 Å². The van der Waals surface area contributed by atoms with Crippen LogP contribution in [0.25, 0.3) is 0 Å². The number of rotatable bonds is 3. The lowest BCUT2D eigenvalue weighted by atomic mass is 10.2. The zero-order valence-corrected chi connectivity index (χ0v) is 8.53. The summed E-state index contributed by atoms with van der Waals surface area (Å²) in [5.74, 6) is -2.08. The number of hydrogen-bond acceptors (Lipinski definition) is 5. The van der Waals surface area contributed by atoms with Crippen LogP contribution in [0.15, 0.2) is 17.1 Å². The molecule has 0 amide bonds. The zero-order valence-electron chi connectivity index (χ0n) is 7.71. The number of carboxylic acids is 2. The lowest BCUT2D eigenvalue weighted by Gasteiger charge is -2.22. The summed E-state index contributed by atoms with van der Waals surface area (Å²) in [5.41, 5.74) is 5.54. The van der Waals surface area contributed by atoms with Crippen molar-refractivity contribution in [2.24, 2.45) is 10.7 Å². The quantitative estimate of drug-likeness (QED) is 0.605. The number of nitrogens with two attached hydrogens (primary N) is 1. The van der Waals surface area contributed by atoms with Crippen molar-refractivity contribution >= 4 is 29.4 Å². The Morgan fingerprint density at radius 3 is 2.67 bits per heavy atom. The average Bonchev–Trinajstić information content (AvgIpc) is 2.16. The molecule has 2 atom stereocenters. The Hall–Kier alpha value is -1.34. The molecule has 0 aromatic heterocycles. The lowest BCUT2D eigenvalue weighted by molar-refractivity contribution is -0.138. The van der Waals surface area contributed by atoms with Crippen LogP contribution in [0.1, 0.15) is 0 Å². The number of thioether (sulfide) groups is 1. The van der Waals surface area contributed by atoms with Crippen molar-refractivity contribution in [3.63, 3.8) is 0 Å². The van der Waals surface area contributed by atoms with Crippen LogP contribution in [-0.4, -0.2) is 45.0 Å². The van der Waals surface area contributed by atoms with Crippen LogP contribution >= 0.6 is 11.8 Å². The van der Waals surface area contributed by atoms with Gasteiger partial charge in [-0.1, -0.05) is 6.58 Å². The zero-order chi connectivity index (χ0) is 11.6. The van der Waals surface area contributed by atoms with Crippen molar-refractivity contribution in [1.29, 1.82) is 0 Å². The van der Waals surface area contributed by atoms with Crippen molar-refractivity contribution in [1.82, 2.24) is 0 Å². The summed E-state index contributed by atoms with van der Waals surface area (Å²) in [7, 11) is 0. The maximum Gasteiger partial charge on any atom is 0.354 e. The Balaban J connectivity index is 2.92. The molecule has 7 heteroatoms. The second-order valence-corrected chi connectivity index (χ2v) is 4.06. The Labute approximate surface area is 89.9 Å². The predicted molar refractivity (Wildman–Crippen MR) is 56.1 cm³/mol. The minimum atomic E-state index is -1.21. The van der Waals surface area contributed by atoms with Gasteiger partial charge >= 0.3 is 11.9 Å². The monoisotopic (exact) mass is 230 g/mol. The molecular formula is C8H10N2O4S. The number of aliphatic imine (C=N–C) groups is 1. The van der Waals surface area contributed by atoms with Crippen LogP contribution in [0.5, 0.6) is 0 Å². The van der Waals surface area contributed by atoms with Crippen LogP contribution in [-0.2, 0) is 9.59 Å². The summed E-state index contributed by atoms with van der Waals surface area (Å²) in [6.07, 6.45) is 0. The second-order valence-electron chi connectivity index (χ2n) is 2.95. The van der Waals surface area contributed by atoms with E-state index < -0.39 is 23.4 Å². The van der Waals surface area contributed by atoms with Crippen molar-refractivity contribution in [2.45, 2.75) is 11.4 Å². The first-order valence-electron chi connectivity index (χ1n) is 4.02. The number of nitrogens with zero attached hydrogens (tertiary/aromatic N) is 1. The molecule has 0 aromatic carbocycles. The van der Waals surface area contributed by atoms with Gasteiger partial charge in [0.2, 0.25) is 0 Å². The highest BCUT2D eigenvalue weighted by molar-refractivity contribution is 8.00. The topological polar surface area (TPSA) is 113 Å². The van der Waals surface area contributed by atoms with Gasteiger partial charge in [0.25, 0.3) is 0 Å². The standard InChI is InChI=1S/C8H10N2O4S/c1-3-2-15-6(4(9)7(11)12)10-5(3)8(13)14/h4,6H,1-2,9H2,(H,11,12)(H,13,14)/t4-,6+/m0/s1. The van der Waals surface area contributed by atoms with E-state index in [1.807, 2.05) is 0 Å². The summed E-state index contributed by atoms with van der Waals surface area (Å²) in [4.78, 5) is 25.1. The minimum absolute atomic E-state index is 0.185. The van der Waals surface area contributed by atoms with Gasteiger partial charge in [-0.3, -0.25) is 9.79 Å². The van der Waals surface area contributed by atoms with Gasteiger partial charge in [0.1, 0.15) is 17.1 Å². The van der Waals surface area contributed by atoms with E-state index in [0.717, 1.165) is 0 Å². The van der Waals surface area contributed by atoms with E-state index in [1.165, 1.54) is 11.8 Å². The van der Waals surface area contributed by atoms with Crippen LogP contribution in [0.4, 0.5) is 0 Å². The van der Waals surface area contributed by atoms with E-state index in [-0.39, 0.29) is 5.71 Å². The predicted octanol–water partition coefficient (Wildman–Crippen LogP) is -0.447. The molecule has 82 valence electrons.